The molecule has 4 rings (SSSR count). The number of halogens is 4. The first-order valence-electron chi connectivity index (χ1n) is 8.65. The number of nitrogens with zero attached hydrogens (tertiary/aromatic N) is 5. The van der Waals surface area contributed by atoms with Crippen molar-refractivity contribution in [2.75, 3.05) is 31.1 Å². The van der Waals surface area contributed by atoms with Crippen LogP contribution in [0, 0.1) is 0 Å². The maximum atomic E-state index is 12.3. The number of amides is 1. The number of ether oxygens (including phenoxy) is 1. The summed E-state index contributed by atoms with van der Waals surface area (Å²) >= 11 is 8.33. The molecule has 13 heteroatoms. The minimum Gasteiger partial charge on any atom is -0.406 e. The predicted octanol–water partition coefficient (Wildman–Crippen LogP) is 3.88. The summed E-state index contributed by atoms with van der Waals surface area (Å²) in [5.74, 6) is -0.0305. The fourth-order valence-corrected chi connectivity index (χ4v) is 4.66. The van der Waals surface area contributed by atoms with Crippen molar-refractivity contribution >= 4 is 58.1 Å². The molecule has 0 radical (unpaired) electrons. The SMILES string of the molecule is O=C1N=C(N2CCN(c3nsnc3Cl)CC2)S/C1=C/c1ccc(OC(F)(F)F)cc1. The topological polar surface area (TPSA) is 70.9 Å². The second kappa shape index (κ2) is 8.44. The van der Waals surface area contributed by atoms with Crippen LogP contribution in [0.3, 0.4) is 0 Å². The number of alkyl halides is 3. The van der Waals surface area contributed by atoms with Gasteiger partial charge in [0.2, 0.25) is 0 Å². The number of aromatic nitrogens is 2. The zero-order chi connectivity index (χ0) is 21.3. The number of carbonyl (C=O) groups is 1. The highest BCUT2D eigenvalue weighted by atomic mass is 35.5. The molecule has 158 valence electrons. The molecule has 1 amide bonds. The van der Waals surface area contributed by atoms with Crippen molar-refractivity contribution in [2.45, 2.75) is 6.36 Å². The van der Waals surface area contributed by atoms with Gasteiger partial charge in [0.25, 0.3) is 5.91 Å². The molecule has 0 bridgehead atoms. The van der Waals surface area contributed by atoms with Crippen LogP contribution in [-0.4, -0.2) is 57.3 Å². The van der Waals surface area contributed by atoms with E-state index in [1.54, 1.807) is 6.08 Å². The summed E-state index contributed by atoms with van der Waals surface area (Å²) in [7, 11) is 0. The number of anilines is 1. The molecule has 2 aliphatic heterocycles. The predicted molar refractivity (Wildman–Crippen MR) is 110 cm³/mol. The van der Waals surface area contributed by atoms with Crippen molar-refractivity contribution < 1.29 is 22.7 Å². The second-order valence-electron chi connectivity index (χ2n) is 6.28. The minimum absolute atomic E-state index is 0.319. The fourth-order valence-electron chi connectivity index (χ4n) is 2.92. The summed E-state index contributed by atoms with van der Waals surface area (Å²) < 4.78 is 48.7. The van der Waals surface area contributed by atoms with E-state index in [0.29, 0.717) is 52.8 Å². The molecule has 2 aromatic rings. The first-order valence-corrected chi connectivity index (χ1v) is 10.6. The lowest BCUT2D eigenvalue weighted by atomic mass is 10.2. The second-order valence-corrected chi connectivity index (χ2v) is 8.18. The van der Waals surface area contributed by atoms with E-state index < -0.39 is 6.36 Å². The van der Waals surface area contributed by atoms with E-state index in [0.717, 1.165) is 11.7 Å². The van der Waals surface area contributed by atoms with E-state index in [1.165, 1.54) is 36.0 Å². The zero-order valence-electron chi connectivity index (χ0n) is 15.1. The monoisotopic (exact) mass is 475 g/mol. The van der Waals surface area contributed by atoms with E-state index in [4.69, 9.17) is 11.6 Å². The third-order valence-corrected chi connectivity index (χ3v) is 6.22. The molecule has 0 saturated carbocycles. The van der Waals surface area contributed by atoms with Crippen molar-refractivity contribution in [3.8, 4) is 5.75 Å². The van der Waals surface area contributed by atoms with Crippen LogP contribution in [0.1, 0.15) is 5.56 Å². The van der Waals surface area contributed by atoms with Gasteiger partial charge in [-0.2, -0.15) is 13.7 Å². The number of aliphatic imine (C=N–C) groups is 1. The average Bonchev–Trinajstić information content (AvgIpc) is 3.28. The molecule has 0 unspecified atom stereocenters. The standard InChI is InChI=1S/C17H13ClF3N5O2S2/c18-13-14(24-30-23-13)25-5-7-26(8-6-25)16-22-15(27)12(29-16)9-10-1-3-11(4-2-10)28-17(19,20)21/h1-4,9H,5-8H2/b12-9+. The smallest absolute Gasteiger partial charge is 0.406 e. The number of piperazine rings is 1. The van der Waals surface area contributed by atoms with Gasteiger partial charge < -0.3 is 14.5 Å². The molecule has 30 heavy (non-hydrogen) atoms. The van der Waals surface area contributed by atoms with E-state index >= 15 is 0 Å². The van der Waals surface area contributed by atoms with Gasteiger partial charge in [-0.1, -0.05) is 23.7 Å². The van der Waals surface area contributed by atoms with Crippen molar-refractivity contribution in [3.63, 3.8) is 0 Å². The van der Waals surface area contributed by atoms with Crippen molar-refractivity contribution in [1.29, 1.82) is 0 Å². The molecular weight excluding hydrogens is 463 g/mol. The van der Waals surface area contributed by atoms with Crippen LogP contribution in [0.2, 0.25) is 5.15 Å². The Morgan fingerprint density at radius 3 is 2.33 bits per heavy atom. The first kappa shape index (κ1) is 20.9. The molecule has 0 spiro atoms. The number of hydrogen-bond acceptors (Lipinski definition) is 8. The largest absolute Gasteiger partial charge is 0.573 e. The minimum atomic E-state index is -4.74. The van der Waals surface area contributed by atoms with Gasteiger partial charge in [0.05, 0.1) is 16.6 Å². The van der Waals surface area contributed by atoms with E-state index in [9.17, 15) is 18.0 Å². The fraction of sp³-hybridized carbons (Fsp3) is 0.294. The molecular formula is C17H13ClF3N5O2S2. The number of benzene rings is 1. The Morgan fingerprint density at radius 2 is 1.73 bits per heavy atom. The molecule has 1 saturated heterocycles. The number of rotatable bonds is 3. The van der Waals surface area contributed by atoms with Gasteiger partial charge in [0.15, 0.2) is 16.1 Å². The lowest BCUT2D eigenvalue weighted by Gasteiger charge is -2.35. The van der Waals surface area contributed by atoms with Crippen LogP contribution >= 0.6 is 35.1 Å². The molecule has 3 heterocycles. The Labute approximate surface area is 182 Å². The lowest BCUT2D eigenvalue weighted by Crippen LogP contribution is -2.48. The Balaban J connectivity index is 1.37. The molecule has 1 aromatic heterocycles. The number of amidine groups is 1. The zero-order valence-corrected chi connectivity index (χ0v) is 17.5. The number of hydrogen-bond donors (Lipinski definition) is 0. The van der Waals surface area contributed by atoms with Gasteiger partial charge in [-0.05, 0) is 35.5 Å². The van der Waals surface area contributed by atoms with Gasteiger partial charge in [-0.3, -0.25) is 4.79 Å². The van der Waals surface area contributed by atoms with Crippen molar-refractivity contribution in [2.24, 2.45) is 4.99 Å². The summed E-state index contributed by atoms with van der Waals surface area (Å²) in [5.41, 5.74) is 0.576. The average molecular weight is 476 g/mol. The summed E-state index contributed by atoms with van der Waals surface area (Å²) in [5, 5.41) is 0.985. The van der Waals surface area contributed by atoms with Gasteiger partial charge in [0.1, 0.15) is 5.75 Å². The molecule has 1 aromatic carbocycles. The van der Waals surface area contributed by atoms with Crippen LogP contribution in [-0.2, 0) is 4.79 Å². The number of thioether (sulfide) groups is 1. The van der Waals surface area contributed by atoms with Gasteiger partial charge in [-0.25, -0.2) is 0 Å². The number of carbonyl (C=O) groups excluding carboxylic acids is 1. The Morgan fingerprint density at radius 1 is 1.07 bits per heavy atom. The maximum absolute atomic E-state index is 12.3. The van der Waals surface area contributed by atoms with E-state index in [2.05, 4.69) is 18.5 Å². The van der Waals surface area contributed by atoms with E-state index in [1.807, 2.05) is 9.80 Å². The molecule has 2 aliphatic rings. The molecule has 1 fully saturated rings. The van der Waals surface area contributed by atoms with Gasteiger partial charge >= 0.3 is 6.36 Å². The Kier molecular flexibility index (Phi) is 5.89. The maximum Gasteiger partial charge on any atom is 0.573 e. The van der Waals surface area contributed by atoms with Crippen molar-refractivity contribution in [3.05, 3.63) is 39.9 Å². The van der Waals surface area contributed by atoms with Crippen LogP contribution in [0.4, 0.5) is 19.0 Å². The van der Waals surface area contributed by atoms with Crippen LogP contribution in [0.25, 0.3) is 6.08 Å². The molecule has 0 N–H and O–H groups in total. The molecule has 0 atom stereocenters. The molecule has 0 aliphatic carbocycles. The van der Waals surface area contributed by atoms with Crippen molar-refractivity contribution in [1.82, 2.24) is 13.6 Å². The normalized spacial score (nSPS) is 18.9. The van der Waals surface area contributed by atoms with Gasteiger partial charge in [-0.15, -0.1) is 13.2 Å². The Hall–Kier alpha value is -2.31. The summed E-state index contributed by atoms with van der Waals surface area (Å²) in [4.78, 5) is 20.8. The highest BCUT2D eigenvalue weighted by molar-refractivity contribution is 8.18. The Bertz CT molecular complexity index is 1000. The third-order valence-electron chi connectivity index (χ3n) is 4.30. The quantitative estimate of drug-likeness (QED) is 0.624. The first-order chi connectivity index (χ1) is 14.3. The third kappa shape index (κ3) is 4.87. The highest BCUT2D eigenvalue weighted by Crippen LogP contribution is 2.32. The molecule has 7 nitrogen and oxygen atoms in total. The summed E-state index contributed by atoms with van der Waals surface area (Å²) in [6.45, 7) is 2.62. The van der Waals surface area contributed by atoms with Crippen LogP contribution < -0.4 is 9.64 Å². The van der Waals surface area contributed by atoms with Crippen LogP contribution in [0.15, 0.2) is 34.2 Å². The van der Waals surface area contributed by atoms with Crippen LogP contribution in [0.5, 0.6) is 5.75 Å². The van der Waals surface area contributed by atoms with Gasteiger partial charge in [0, 0.05) is 26.2 Å². The highest BCUT2D eigenvalue weighted by Gasteiger charge is 2.31. The summed E-state index contributed by atoms with van der Waals surface area (Å²) in [6.07, 6.45) is -3.15. The lowest BCUT2D eigenvalue weighted by molar-refractivity contribution is -0.274. The van der Waals surface area contributed by atoms with E-state index in [-0.39, 0.29) is 11.7 Å². The summed E-state index contributed by atoms with van der Waals surface area (Å²) in [6, 6.07) is 5.29.